The maximum absolute atomic E-state index is 13.9. The summed E-state index contributed by atoms with van der Waals surface area (Å²) in [6.07, 6.45) is 6.15. The molecule has 2 N–H and O–H groups in total. The molecule has 3 aromatic rings. The van der Waals surface area contributed by atoms with Gasteiger partial charge in [-0.05, 0) is 24.5 Å². The third-order valence-electron chi connectivity index (χ3n) is 5.54. The van der Waals surface area contributed by atoms with E-state index < -0.39 is 34.9 Å². The number of hydrogen-bond acceptors (Lipinski definition) is 6. The summed E-state index contributed by atoms with van der Waals surface area (Å²) in [6.45, 7) is 0.191. The van der Waals surface area contributed by atoms with Gasteiger partial charge < -0.3 is 15.2 Å². The Hall–Kier alpha value is -3.60. The highest BCUT2D eigenvalue weighted by Gasteiger charge is 2.30. The van der Waals surface area contributed by atoms with E-state index in [2.05, 4.69) is 15.5 Å². The fourth-order valence-corrected chi connectivity index (χ4v) is 3.62. The lowest BCUT2D eigenvalue weighted by Gasteiger charge is -2.29. The fourth-order valence-electron chi connectivity index (χ4n) is 3.62. The molecule has 33 heavy (non-hydrogen) atoms. The van der Waals surface area contributed by atoms with Gasteiger partial charge in [-0.3, -0.25) is 14.3 Å². The Morgan fingerprint density at radius 1 is 1.27 bits per heavy atom. The fraction of sp³-hybridized carbons (Fsp3) is 0.364. The van der Waals surface area contributed by atoms with Crippen molar-refractivity contribution in [1.82, 2.24) is 19.6 Å². The maximum Gasteiger partial charge on any atom is 0.271 e. The number of aromatic nitrogens is 4. The van der Waals surface area contributed by atoms with Crippen LogP contribution in [0.4, 0.5) is 14.6 Å². The van der Waals surface area contributed by atoms with E-state index in [9.17, 15) is 18.4 Å². The molecule has 1 atom stereocenters. The van der Waals surface area contributed by atoms with Crippen LogP contribution in [-0.2, 0) is 11.3 Å². The van der Waals surface area contributed by atoms with Crippen LogP contribution in [0.5, 0.6) is 11.5 Å². The van der Waals surface area contributed by atoms with Crippen molar-refractivity contribution in [3.8, 4) is 11.5 Å². The number of nitrogens with one attached hydrogen (secondary N) is 1. The van der Waals surface area contributed by atoms with Crippen molar-refractivity contribution in [3.63, 3.8) is 0 Å². The molecule has 9 nitrogen and oxygen atoms in total. The number of benzene rings is 1. The highest BCUT2D eigenvalue weighted by molar-refractivity contribution is 5.92. The van der Waals surface area contributed by atoms with Gasteiger partial charge in [-0.1, -0.05) is 25.3 Å². The van der Waals surface area contributed by atoms with Gasteiger partial charge in [0.25, 0.3) is 11.5 Å². The SMILES string of the molecule is O=C(Nc1ccn(CCO)n1)[C@H](CC1CCC1)n1ncc(Oc2c(F)cccc2F)cc1=O. The molecule has 1 aromatic carbocycles. The molecule has 4 rings (SSSR count). The van der Waals surface area contributed by atoms with Gasteiger partial charge in [0.05, 0.1) is 19.3 Å². The van der Waals surface area contributed by atoms with Crippen LogP contribution in [0.1, 0.15) is 31.7 Å². The number of aliphatic hydroxyl groups is 1. The highest BCUT2D eigenvalue weighted by atomic mass is 19.1. The number of aliphatic hydroxyl groups excluding tert-OH is 1. The third kappa shape index (κ3) is 5.25. The molecule has 0 aliphatic heterocycles. The number of ether oxygens (including phenoxy) is 1. The van der Waals surface area contributed by atoms with Gasteiger partial charge >= 0.3 is 0 Å². The average molecular weight is 459 g/mol. The van der Waals surface area contributed by atoms with Crippen LogP contribution in [0.2, 0.25) is 0 Å². The molecule has 0 unspecified atom stereocenters. The van der Waals surface area contributed by atoms with Crippen molar-refractivity contribution in [2.45, 2.75) is 38.3 Å². The molecule has 11 heteroatoms. The van der Waals surface area contributed by atoms with Crippen molar-refractivity contribution < 1.29 is 23.4 Å². The minimum Gasteiger partial charge on any atom is -0.449 e. The zero-order valence-corrected chi connectivity index (χ0v) is 17.7. The quantitative estimate of drug-likeness (QED) is 0.509. The summed E-state index contributed by atoms with van der Waals surface area (Å²) in [5, 5.41) is 19.9. The molecule has 0 radical (unpaired) electrons. The number of carbonyl (C=O) groups excluding carboxylic acids is 1. The van der Waals surface area contributed by atoms with Crippen molar-refractivity contribution in [3.05, 3.63) is 64.7 Å². The summed E-state index contributed by atoms with van der Waals surface area (Å²) in [5.74, 6) is -2.51. The second kappa shape index (κ2) is 9.90. The number of amides is 1. The van der Waals surface area contributed by atoms with Gasteiger partial charge in [-0.15, -0.1) is 0 Å². The first kappa shape index (κ1) is 22.6. The summed E-state index contributed by atoms with van der Waals surface area (Å²) in [5.41, 5.74) is -0.644. The monoisotopic (exact) mass is 459 g/mol. The molecule has 0 saturated heterocycles. The molecule has 174 valence electrons. The van der Waals surface area contributed by atoms with E-state index in [0.717, 1.165) is 48.3 Å². The van der Waals surface area contributed by atoms with Gasteiger partial charge in [0.2, 0.25) is 0 Å². The van der Waals surface area contributed by atoms with Gasteiger partial charge in [0.1, 0.15) is 6.04 Å². The van der Waals surface area contributed by atoms with Crippen molar-refractivity contribution in [2.75, 3.05) is 11.9 Å². The van der Waals surface area contributed by atoms with Crippen LogP contribution in [-0.4, -0.2) is 37.2 Å². The minimum absolute atomic E-state index is 0.0934. The summed E-state index contributed by atoms with van der Waals surface area (Å²) < 4.78 is 35.4. The molecule has 1 aliphatic rings. The number of halogens is 2. The van der Waals surface area contributed by atoms with E-state index in [1.807, 2.05) is 0 Å². The van der Waals surface area contributed by atoms with E-state index >= 15 is 0 Å². The zero-order valence-electron chi connectivity index (χ0n) is 17.7. The van der Waals surface area contributed by atoms with Crippen LogP contribution in [0, 0.1) is 17.6 Å². The summed E-state index contributed by atoms with van der Waals surface area (Å²) in [6, 6.07) is 5.00. The standard InChI is InChI=1S/C22H23F2N5O4/c23-16-5-2-6-17(24)21(16)33-15-12-20(31)29(25-13-15)18(11-14-3-1-4-14)22(32)26-19-7-8-28(27-19)9-10-30/h2,5-8,12-14,18,30H,1,3-4,9-11H2,(H,26,27,32)/t18-/m0/s1. The number of para-hydroxylation sites is 1. The Morgan fingerprint density at radius 3 is 2.67 bits per heavy atom. The van der Waals surface area contributed by atoms with Gasteiger partial charge in [0.15, 0.2) is 29.0 Å². The number of nitrogens with zero attached hydrogens (tertiary/aromatic N) is 4. The maximum atomic E-state index is 13.9. The molecule has 0 spiro atoms. The molecular formula is C22H23F2N5O4. The Balaban J connectivity index is 1.56. The van der Waals surface area contributed by atoms with Gasteiger partial charge in [-0.2, -0.15) is 10.2 Å². The van der Waals surface area contributed by atoms with Crippen molar-refractivity contribution >= 4 is 11.7 Å². The van der Waals surface area contributed by atoms with Crippen LogP contribution in [0.25, 0.3) is 0 Å². The lowest BCUT2D eigenvalue weighted by atomic mass is 9.80. The number of rotatable bonds is 9. The largest absolute Gasteiger partial charge is 0.449 e. The first-order chi connectivity index (χ1) is 15.9. The smallest absolute Gasteiger partial charge is 0.271 e. The number of hydrogen-bond donors (Lipinski definition) is 2. The second-order valence-corrected chi connectivity index (χ2v) is 7.85. The first-order valence-electron chi connectivity index (χ1n) is 10.6. The van der Waals surface area contributed by atoms with E-state index in [-0.39, 0.29) is 30.6 Å². The molecular weight excluding hydrogens is 436 g/mol. The van der Waals surface area contributed by atoms with Crippen molar-refractivity contribution in [1.29, 1.82) is 0 Å². The average Bonchev–Trinajstić information content (AvgIpc) is 3.18. The normalized spacial score (nSPS) is 14.5. The predicted molar refractivity (Wildman–Crippen MR) is 114 cm³/mol. The molecule has 1 amide bonds. The van der Waals surface area contributed by atoms with E-state index in [1.54, 1.807) is 12.3 Å². The molecule has 1 aliphatic carbocycles. The van der Waals surface area contributed by atoms with Gasteiger partial charge in [0, 0.05) is 18.3 Å². The Labute approximate surface area is 187 Å². The van der Waals surface area contributed by atoms with Crippen LogP contribution in [0.15, 0.2) is 47.5 Å². The number of carbonyl (C=O) groups is 1. The first-order valence-corrected chi connectivity index (χ1v) is 10.6. The molecule has 1 saturated carbocycles. The Kier molecular flexibility index (Phi) is 6.78. The summed E-state index contributed by atoms with van der Waals surface area (Å²) in [4.78, 5) is 25.8. The topological polar surface area (TPSA) is 111 Å². The molecule has 0 bridgehead atoms. The van der Waals surface area contributed by atoms with E-state index in [0.29, 0.717) is 6.42 Å². The number of anilines is 1. The Bertz CT molecular complexity index is 1170. The molecule has 2 heterocycles. The van der Waals surface area contributed by atoms with Crippen LogP contribution < -0.4 is 15.6 Å². The Morgan fingerprint density at radius 2 is 2.03 bits per heavy atom. The predicted octanol–water partition coefficient (Wildman–Crippen LogP) is 2.87. The van der Waals surface area contributed by atoms with E-state index in [4.69, 9.17) is 9.84 Å². The van der Waals surface area contributed by atoms with Gasteiger partial charge in [-0.25, -0.2) is 13.5 Å². The third-order valence-corrected chi connectivity index (χ3v) is 5.54. The van der Waals surface area contributed by atoms with Crippen LogP contribution in [0.3, 0.4) is 0 Å². The molecule has 1 fully saturated rings. The lowest BCUT2D eigenvalue weighted by molar-refractivity contribution is -0.120. The second-order valence-electron chi connectivity index (χ2n) is 7.85. The lowest BCUT2D eigenvalue weighted by Crippen LogP contribution is -2.36. The highest BCUT2D eigenvalue weighted by Crippen LogP contribution is 2.34. The van der Waals surface area contributed by atoms with Crippen LogP contribution >= 0.6 is 0 Å². The zero-order chi connectivity index (χ0) is 23.4. The summed E-state index contributed by atoms with van der Waals surface area (Å²) >= 11 is 0. The van der Waals surface area contributed by atoms with E-state index in [1.165, 1.54) is 10.7 Å². The molecule has 2 aromatic heterocycles. The summed E-state index contributed by atoms with van der Waals surface area (Å²) in [7, 11) is 0. The van der Waals surface area contributed by atoms with Crippen molar-refractivity contribution in [2.24, 2.45) is 5.92 Å². The minimum atomic E-state index is -0.915.